The predicted molar refractivity (Wildman–Crippen MR) is 110 cm³/mol. The van der Waals surface area contributed by atoms with Crippen molar-refractivity contribution in [3.05, 3.63) is 50.6 Å². The number of imide groups is 1. The highest BCUT2D eigenvalue weighted by molar-refractivity contribution is 9.10. The lowest BCUT2D eigenvalue weighted by molar-refractivity contribution is -0.122. The first-order valence-electron chi connectivity index (χ1n) is 8.18. The van der Waals surface area contributed by atoms with E-state index in [2.05, 4.69) is 31.9 Å². The number of aryl methyl sites for hydroxylation is 1. The van der Waals surface area contributed by atoms with Crippen LogP contribution in [-0.2, 0) is 16.1 Å². The van der Waals surface area contributed by atoms with E-state index in [1.807, 2.05) is 42.6 Å². The zero-order valence-electron chi connectivity index (χ0n) is 15.0. The molecular weight excluding hydrogens is 432 g/mol. The molecule has 0 radical (unpaired) electrons. The molecule has 2 aromatic rings. The Morgan fingerprint density at radius 2 is 1.89 bits per heavy atom. The van der Waals surface area contributed by atoms with Crippen LogP contribution in [0, 0.1) is 6.92 Å². The molecule has 1 aromatic carbocycles. The van der Waals surface area contributed by atoms with Crippen molar-refractivity contribution in [2.24, 2.45) is 0 Å². The SMILES string of the molecule is Cc1cc(Br)ccc1NC(=O)CN(C)CC(=O)NC(=O)NCc1cccs1. The number of rotatable bonds is 7. The van der Waals surface area contributed by atoms with Crippen molar-refractivity contribution in [2.45, 2.75) is 13.5 Å². The third kappa shape index (κ3) is 7.49. The van der Waals surface area contributed by atoms with Crippen LogP contribution in [0.15, 0.2) is 40.2 Å². The van der Waals surface area contributed by atoms with E-state index in [0.29, 0.717) is 12.2 Å². The summed E-state index contributed by atoms with van der Waals surface area (Å²) in [6, 6.07) is 8.78. The van der Waals surface area contributed by atoms with Gasteiger partial charge in [-0.2, -0.15) is 0 Å². The molecule has 0 bridgehead atoms. The smallest absolute Gasteiger partial charge is 0.321 e. The normalized spacial score (nSPS) is 10.5. The Morgan fingerprint density at radius 3 is 2.56 bits per heavy atom. The Kier molecular flexibility index (Phi) is 7.96. The third-order valence-electron chi connectivity index (χ3n) is 3.55. The standard InChI is InChI=1S/C18H21BrN4O3S/c1-12-8-13(19)5-6-15(12)21-16(24)10-23(2)11-17(25)22-18(26)20-9-14-4-3-7-27-14/h3-8H,9-11H2,1-2H3,(H,21,24)(H2,20,22,25,26). The van der Waals surface area contributed by atoms with Crippen LogP contribution in [-0.4, -0.2) is 42.9 Å². The van der Waals surface area contributed by atoms with Gasteiger partial charge in [-0.05, 0) is 49.2 Å². The molecule has 0 aliphatic rings. The molecule has 0 aliphatic heterocycles. The summed E-state index contributed by atoms with van der Waals surface area (Å²) in [5, 5.41) is 9.58. The fourth-order valence-corrected chi connectivity index (χ4v) is 3.41. The number of thiophene rings is 1. The van der Waals surface area contributed by atoms with Gasteiger partial charge in [0.25, 0.3) is 0 Å². The van der Waals surface area contributed by atoms with E-state index in [-0.39, 0.29) is 19.0 Å². The summed E-state index contributed by atoms with van der Waals surface area (Å²) in [7, 11) is 1.64. The fraction of sp³-hybridized carbons (Fsp3) is 0.278. The van der Waals surface area contributed by atoms with E-state index in [0.717, 1.165) is 14.9 Å². The highest BCUT2D eigenvalue weighted by Crippen LogP contribution is 2.19. The van der Waals surface area contributed by atoms with Crippen molar-refractivity contribution in [3.8, 4) is 0 Å². The van der Waals surface area contributed by atoms with Gasteiger partial charge in [0.1, 0.15) is 0 Å². The number of urea groups is 1. The average molecular weight is 453 g/mol. The van der Waals surface area contributed by atoms with Gasteiger partial charge in [-0.25, -0.2) is 4.79 Å². The molecule has 144 valence electrons. The first-order valence-corrected chi connectivity index (χ1v) is 9.85. The summed E-state index contributed by atoms with van der Waals surface area (Å²) in [6.07, 6.45) is 0. The minimum atomic E-state index is -0.559. The summed E-state index contributed by atoms with van der Waals surface area (Å²) < 4.78 is 0.934. The zero-order chi connectivity index (χ0) is 19.8. The molecule has 0 saturated carbocycles. The van der Waals surface area contributed by atoms with Gasteiger partial charge in [0, 0.05) is 15.0 Å². The van der Waals surface area contributed by atoms with Crippen LogP contribution >= 0.6 is 27.3 Å². The lowest BCUT2D eigenvalue weighted by Crippen LogP contribution is -2.44. The first-order chi connectivity index (χ1) is 12.8. The molecule has 9 heteroatoms. The van der Waals surface area contributed by atoms with Gasteiger partial charge in [-0.15, -0.1) is 11.3 Å². The largest absolute Gasteiger partial charge is 0.333 e. The minimum absolute atomic E-state index is 0.0275. The summed E-state index contributed by atoms with van der Waals surface area (Å²) in [5.74, 6) is -0.716. The quantitative estimate of drug-likeness (QED) is 0.602. The van der Waals surface area contributed by atoms with Gasteiger partial charge in [0.2, 0.25) is 11.8 Å². The fourth-order valence-electron chi connectivity index (χ4n) is 2.29. The van der Waals surface area contributed by atoms with Crippen LogP contribution in [0.4, 0.5) is 10.5 Å². The predicted octanol–water partition coefficient (Wildman–Crippen LogP) is 2.72. The Morgan fingerprint density at radius 1 is 1.15 bits per heavy atom. The third-order valence-corrected chi connectivity index (χ3v) is 4.92. The summed E-state index contributed by atoms with van der Waals surface area (Å²) in [5.41, 5.74) is 1.65. The van der Waals surface area contributed by atoms with E-state index < -0.39 is 11.9 Å². The van der Waals surface area contributed by atoms with E-state index in [1.54, 1.807) is 7.05 Å². The lowest BCUT2D eigenvalue weighted by Gasteiger charge is -2.16. The molecule has 27 heavy (non-hydrogen) atoms. The Bertz CT molecular complexity index is 811. The monoisotopic (exact) mass is 452 g/mol. The average Bonchev–Trinajstić information content (AvgIpc) is 3.08. The number of hydrogen-bond acceptors (Lipinski definition) is 5. The van der Waals surface area contributed by atoms with Gasteiger partial charge in [0.15, 0.2) is 0 Å². The second-order valence-electron chi connectivity index (χ2n) is 5.99. The molecule has 0 saturated heterocycles. The van der Waals surface area contributed by atoms with Crippen molar-refractivity contribution < 1.29 is 14.4 Å². The number of anilines is 1. The Labute approximate surface area is 170 Å². The molecule has 0 spiro atoms. The maximum Gasteiger partial charge on any atom is 0.321 e. The number of hydrogen-bond donors (Lipinski definition) is 3. The molecule has 0 atom stereocenters. The Hall–Kier alpha value is -2.23. The number of likely N-dealkylation sites (N-methyl/N-ethyl adjacent to an activating group) is 1. The van der Waals surface area contributed by atoms with Gasteiger partial charge in [-0.3, -0.25) is 19.8 Å². The van der Waals surface area contributed by atoms with E-state index in [9.17, 15) is 14.4 Å². The summed E-state index contributed by atoms with van der Waals surface area (Å²) in [4.78, 5) is 38.3. The highest BCUT2D eigenvalue weighted by atomic mass is 79.9. The molecule has 2 rings (SSSR count). The van der Waals surface area contributed by atoms with Crippen LogP contribution in [0.2, 0.25) is 0 Å². The van der Waals surface area contributed by atoms with Gasteiger partial charge < -0.3 is 10.6 Å². The number of carbonyl (C=O) groups is 3. The summed E-state index contributed by atoms with van der Waals surface area (Å²) in [6.45, 7) is 2.22. The maximum absolute atomic E-state index is 12.1. The molecule has 0 unspecified atom stereocenters. The van der Waals surface area contributed by atoms with Crippen LogP contribution < -0.4 is 16.0 Å². The van der Waals surface area contributed by atoms with Crippen LogP contribution in [0.1, 0.15) is 10.4 Å². The molecule has 1 heterocycles. The lowest BCUT2D eigenvalue weighted by atomic mass is 10.2. The molecule has 3 N–H and O–H groups in total. The van der Waals surface area contributed by atoms with E-state index in [4.69, 9.17) is 0 Å². The van der Waals surface area contributed by atoms with Crippen molar-refractivity contribution in [1.29, 1.82) is 0 Å². The molecule has 1 aromatic heterocycles. The second kappa shape index (κ2) is 10.2. The van der Waals surface area contributed by atoms with E-state index in [1.165, 1.54) is 16.2 Å². The molecule has 4 amide bonds. The van der Waals surface area contributed by atoms with Crippen LogP contribution in [0.3, 0.4) is 0 Å². The van der Waals surface area contributed by atoms with Crippen molar-refractivity contribution in [1.82, 2.24) is 15.5 Å². The van der Waals surface area contributed by atoms with Gasteiger partial charge >= 0.3 is 6.03 Å². The van der Waals surface area contributed by atoms with Crippen molar-refractivity contribution >= 4 is 50.8 Å². The second-order valence-corrected chi connectivity index (χ2v) is 7.94. The maximum atomic E-state index is 12.1. The number of nitrogens with zero attached hydrogens (tertiary/aromatic N) is 1. The molecule has 0 fully saturated rings. The molecular formula is C18H21BrN4O3S. The van der Waals surface area contributed by atoms with Crippen molar-refractivity contribution in [3.63, 3.8) is 0 Å². The molecule has 0 aliphatic carbocycles. The number of nitrogens with one attached hydrogen (secondary N) is 3. The topological polar surface area (TPSA) is 90.5 Å². The molecule has 7 nitrogen and oxygen atoms in total. The Balaban J connectivity index is 1.71. The zero-order valence-corrected chi connectivity index (χ0v) is 17.4. The van der Waals surface area contributed by atoms with Crippen molar-refractivity contribution in [2.75, 3.05) is 25.5 Å². The number of benzene rings is 1. The van der Waals surface area contributed by atoms with Crippen LogP contribution in [0.25, 0.3) is 0 Å². The number of carbonyl (C=O) groups excluding carboxylic acids is 3. The number of halogens is 1. The van der Waals surface area contributed by atoms with Gasteiger partial charge in [-0.1, -0.05) is 22.0 Å². The van der Waals surface area contributed by atoms with Crippen LogP contribution in [0.5, 0.6) is 0 Å². The van der Waals surface area contributed by atoms with E-state index >= 15 is 0 Å². The number of amides is 4. The summed E-state index contributed by atoms with van der Waals surface area (Å²) >= 11 is 4.90. The van der Waals surface area contributed by atoms with Gasteiger partial charge in [0.05, 0.1) is 19.6 Å². The minimum Gasteiger partial charge on any atom is -0.333 e. The first kappa shape index (κ1) is 21.1. The highest BCUT2D eigenvalue weighted by Gasteiger charge is 2.14.